The van der Waals surface area contributed by atoms with Crippen molar-refractivity contribution in [1.29, 1.82) is 5.26 Å². The van der Waals surface area contributed by atoms with E-state index in [2.05, 4.69) is 33.2 Å². The molecule has 3 aromatic carbocycles. The van der Waals surface area contributed by atoms with E-state index < -0.39 is 5.91 Å². The van der Waals surface area contributed by atoms with Crippen LogP contribution in [0.1, 0.15) is 29.2 Å². The molecule has 0 atom stereocenters. The van der Waals surface area contributed by atoms with Gasteiger partial charge < -0.3 is 20.1 Å². The van der Waals surface area contributed by atoms with E-state index in [0.717, 1.165) is 22.4 Å². The Balaban J connectivity index is 1.79. The number of nitrogens with one attached hydrogen (secondary N) is 2. The lowest BCUT2D eigenvalue weighted by Gasteiger charge is -2.15. The van der Waals surface area contributed by atoms with Crippen LogP contribution >= 0.6 is 22.6 Å². The van der Waals surface area contributed by atoms with Crippen LogP contribution in [-0.4, -0.2) is 25.0 Å². The lowest BCUT2D eigenvalue weighted by Crippen LogP contribution is -2.21. The van der Waals surface area contributed by atoms with Crippen molar-refractivity contribution < 1.29 is 19.1 Å². The number of anilines is 2. The Hall–Kier alpha value is -3.84. The number of nitrogens with zero attached hydrogens (tertiary/aromatic N) is 1. The molecule has 0 radical (unpaired) electrons. The topological polar surface area (TPSA) is 100 Å². The van der Waals surface area contributed by atoms with Crippen LogP contribution in [0.4, 0.5) is 11.4 Å². The second-order valence-corrected chi connectivity index (χ2v) is 9.52. The molecule has 3 rings (SSSR count). The summed E-state index contributed by atoms with van der Waals surface area (Å²) in [5, 5.41) is 15.3. The molecular weight excluding hydrogens is 581 g/mol. The fraction of sp³-hybridized carbons (Fsp3) is 0.207. The van der Waals surface area contributed by atoms with Crippen LogP contribution in [0.25, 0.3) is 6.08 Å². The van der Waals surface area contributed by atoms with E-state index in [9.17, 15) is 14.9 Å². The zero-order chi connectivity index (χ0) is 26.9. The molecule has 0 aliphatic rings. The molecule has 0 saturated heterocycles. The Kier molecular flexibility index (Phi) is 9.69. The highest BCUT2D eigenvalue weighted by molar-refractivity contribution is 14.1. The first-order chi connectivity index (χ1) is 17.7. The minimum atomic E-state index is -0.506. The summed E-state index contributed by atoms with van der Waals surface area (Å²) < 4.78 is 12.3. The largest absolute Gasteiger partial charge is 0.490 e. The Bertz CT molecular complexity index is 1390. The number of amides is 2. The quantitative estimate of drug-likeness (QED) is 0.172. The molecule has 7 nitrogen and oxygen atoms in total. The van der Waals surface area contributed by atoms with Gasteiger partial charge in [-0.05, 0) is 103 Å². The predicted molar refractivity (Wildman–Crippen MR) is 154 cm³/mol. The molecule has 0 fully saturated rings. The van der Waals surface area contributed by atoms with Gasteiger partial charge in [0.2, 0.25) is 0 Å². The average Bonchev–Trinajstić information content (AvgIpc) is 2.85. The fourth-order valence-electron chi connectivity index (χ4n) is 3.49. The SMILES string of the molecule is CCOc1cc(/C=C(/C#N)C(=O)Nc2ccccc2C)cc(I)c1OCC(=O)Nc1cc(C)ccc1C. The number of halogens is 1. The van der Waals surface area contributed by atoms with Gasteiger partial charge in [-0.2, -0.15) is 5.26 Å². The maximum absolute atomic E-state index is 12.7. The second kappa shape index (κ2) is 12.9. The summed E-state index contributed by atoms with van der Waals surface area (Å²) in [6.45, 7) is 7.76. The standard InChI is InChI=1S/C29H28IN3O4/c1-5-36-26-15-21(13-22(16-31)29(35)33-24-9-7-6-8-19(24)3)14-23(30)28(26)37-17-27(34)32-25-12-18(2)10-11-20(25)4/h6-15H,5,17H2,1-4H3,(H,32,34)(H,33,35)/b22-13-. The molecule has 8 heteroatoms. The van der Waals surface area contributed by atoms with Crippen LogP contribution in [0.5, 0.6) is 11.5 Å². The van der Waals surface area contributed by atoms with Crippen LogP contribution in [0.2, 0.25) is 0 Å². The number of ether oxygens (including phenoxy) is 2. The lowest BCUT2D eigenvalue weighted by atomic mass is 10.1. The van der Waals surface area contributed by atoms with E-state index in [1.165, 1.54) is 6.08 Å². The number of hydrogen-bond acceptors (Lipinski definition) is 5. The molecule has 0 aliphatic carbocycles. The van der Waals surface area contributed by atoms with Crippen molar-refractivity contribution >= 4 is 51.9 Å². The van der Waals surface area contributed by atoms with Gasteiger partial charge in [-0.15, -0.1) is 0 Å². The van der Waals surface area contributed by atoms with E-state index in [0.29, 0.717) is 32.9 Å². The normalized spacial score (nSPS) is 10.9. The Morgan fingerprint density at radius 1 is 0.973 bits per heavy atom. The van der Waals surface area contributed by atoms with Crippen LogP contribution in [0.15, 0.2) is 60.2 Å². The van der Waals surface area contributed by atoms with Gasteiger partial charge in [0.25, 0.3) is 11.8 Å². The van der Waals surface area contributed by atoms with Gasteiger partial charge in [0.15, 0.2) is 18.1 Å². The summed E-state index contributed by atoms with van der Waals surface area (Å²) in [5.74, 6) is 0.0270. The maximum Gasteiger partial charge on any atom is 0.266 e. The third kappa shape index (κ3) is 7.57. The molecule has 0 aromatic heterocycles. The van der Waals surface area contributed by atoms with E-state index >= 15 is 0 Å². The highest BCUT2D eigenvalue weighted by Gasteiger charge is 2.16. The molecule has 2 N–H and O–H groups in total. The van der Waals surface area contributed by atoms with Crippen molar-refractivity contribution in [3.05, 3.63) is 86.0 Å². The van der Waals surface area contributed by atoms with E-state index in [4.69, 9.17) is 9.47 Å². The van der Waals surface area contributed by atoms with E-state index in [1.807, 2.05) is 70.2 Å². The molecule has 0 saturated carbocycles. The van der Waals surface area contributed by atoms with Gasteiger partial charge in [-0.3, -0.25) is 9.59 Å². The molecule has 0 unspecified atom stereocenters. The first-order valence-electron chi connectivity index (χ1n) is 11.7. The van der Waals surface area contributed by atoms with Crippen LogP contribution in [-0.2, 0) is 9.59 Å². The summed E-state index contributed by atoms with van der Waals surface area (Å²) in [4.78, 5) is 25.3. The molecule has 0 heterocycles. The lowest BCUT2D eigenvalue weighted by molar-refractivity contribution is -0.118. The minimum absolute atomic E-state index is 0.0527. The van der Waals surface area contributed by atoms with Gasteiger partial charge in [-0.1, -0.05) is 30.3 Å². The highest BCUT2D eigenvalue weighted by atomic mass is 127. The number of nitriles is 1. The number of benzene rings is 3. The maximum atomic E-state index is 12.7. The number of carbonyl (C=O) groups is 2. The molecule has 0 aliphatic heterocycles. The molecule has 37 heavy (non-hydrogen) atoms. The van der Waals surface area contributed by atoms with Gasteiger partial charge in [-0.25, -0.2) is 0 Å². The third-order valence-corrected chi connectivity index (χ3v) is 6.22. The number of para-hydroxylation sites is 1. The molecule has 0 bridgehead atoms. The van der Waals surface area contributed by atoms with Crippen LogP contribution < -0.4 is 20.1 Å². The molecule has 2 amide bonds. The number of carbonyl (C=O) groups excluding carboxylic acids is 2. The average molecular weight is 609 g/mol. The first kappa shape index (κ1) is 27.7. The van der Waals surface area contributed by atoms with Crippen molar-refractivity contribution in [2.75, 3.05) is 23.8 Å². The fourth-order valence-corrected chi connectivity index (χ4v) is 4.27. The summed E-state index contributed by atoms with van der Waals surface area (Å²) in [6, 6.07) is 18.6. The van der Waals surface area contributed by atoms with Crippen LogP contribution in [0, 0.1) is 35.7 Å². The number of aryl methyl sites for hydroxylation is 3. The summed E-state index contributed by atoms with van der Waals surface area (Å²) in [7, 11) is 0. The smallest absolute Gasteiger partial charge is 0.266 e. The van der Waals surface area contributed by atoms with Gasteiger partial charge in [0.05, 0.1) is 10.2 Å². The zero-order valence-electron chi connectivity index (χ0n) is 21.1. The van der Waals surface area contributed by atoms with Gasteiger partial charge in [0, 0.05) is 11.4 Å². The Morgan fingerprint density at radius 2 is 1.70 bits per heavy atom. The highest BCUT2D eigenvalue weighted by Crippen LogP contribution is 2.35. The van der Waals surface area contributed by atoms with Crippen molar-refractivity contribution in [1.82, 2.24) is 0 Å². The number of hydrogen-bond donors (Lipinski definition) is 2. The van der Waals surface area contributed by atoms with E-state index in [-0.39, 0.29) is 18.1 Å². The summed E-state index contributed by atoms with van der Waals surface area (Å²) in [5.41, 5.74) is 4.81. The van der Waals surface area contributed by atoms with Crippen molar-refractivity contribution in [3.8, 4) is 17.6 Å². The van der Waals surface area contributed by atoms with Crippen molar-refractivity contribution in [2.45, 2.75) is 27.7 Å². The third-order valence-electron chi connectivity index (χ3n) is 5.42. The van der Waals surface area contributed by atoms with Gasteiger partial charge in [0.1, 0.15) is 11.6 Å². The van der Waals surface area contributed by atoms with Crippen molar-refractivity contribution in [3.63, 3.8) is 0 Å². The molecule has 190 valence electrons. The summed E-state index contributed by atoms with van der Waals surface area (Å²) >= 11 is 2.08. The van der Waals surface area contributed by atoms with Gasteiger partial charge >= 0.3 is 0 Å². The first-order valence-corrected chi connectivity index (χ1v) is 12.7. The second-order valence-electron chi connectivity index (χ2n) is 8.36. The predicted octanol–water partition coefficient (Wildman–Crippen LogP) is 6.18. The van der Waals surface area contributed by atoms with E-state index in [1.54, 1.807) is 18.2 Å². The molecular formula is C29H28IN3O4. The summed E-state index contributed by atoms with van der Waals surface area (Å²) in [6.07, 6.45) is 1.50. The molecule has 3 aromatic rings. The zero-order valence-corrected chi connectivity index (χ0v) is 23.3. The minimum Gasteiger partial charge on any atom is -0.490 e. The monoisotopic (exact) mass is 609 g/mol. The van der Waals surface area contributed by atoms with Crippen LogP contribution in [0.3, 0.4) is 0 Å². The Morgan fingerprint density at radius 3 is 2.41 bits per heavy atom. The van der Waals surface area contributed by atoms with Crippen molar-refractivity contribution in [2.24, 2.45) is 0 Å². The molecule has 0 spiro atoms. The number of rotatable bonds is 9. The Labute approximate surface area is 230 Å².